The minimum atomic E-state index is 0.858. The normalized spacial score (nSPS) is 43.2. The average molecular weight is 247 g/mol. The fraction of sp³-hybridized carbons (Fsp3) is 0.733. The van der Waals surface area contributed by atoms with Gasteiger partial charge in [-0.15, -0.1) is 11.3 Å². The number of rotatable bonds is 1. The Hall–Kier alpha value is -0.500. The number of nitrogen functional groups attached to an aromatic ring is 1. The molecule has 0 amide bonds. The number of aryl methyl sites for hydroxylation is 1. The van der Waals surface area contributed by atoms with Gasteiger partial charge < -0.3 is 5.73 Å². The topological polar surface area (TPSA) is 26.0 Å². The Bertz CT molecular complexity index is 420. The second kappa shape index (κ2) is 3.50. The van der Waals surface area contributed by atoms with Crippen molar-refractivity contribution in [3.05, 3.63) is 16.5 Å². The summed E-state index contributed by atoms with van der Waals surface area (Å²) in [4.78, 5) is 1.49. The van der Waals surface area contributed by atoms with E-state index in [-0.39, 0.29) is 0 Å². The molecule has 5 rings (SSSR count). The summed E-state index contributed by atoms with van der Waals surface area (Å²) >= 11 is 1.79. The molecule has 1 nitrogen and oxygen atoms in total. The lowest BCUT2D eigenvalue weighted by Gasteiger charge is -2.54. The van der Waals surface area contributed by atoms with Crippen LogP contribution in [0.3, 0.4) is 0 Å². The molecule has 4 saturated carbocycles. The Balaban J connectivity index is 1.72. The zero-order chi connectivity index (χ0) is 11.6. The molecule has 0 aromatic carbocycles. The van der Waals surface area contributed by atoms with Gasteiger partial charge in [-0.25, -0.2) is 0 Å². The number of nitrogens with two attached hydrogens (primary N) is 1. The highest BCUT2D eigenvalue weighted by atomic mass is 32.1. The van der Waals surface area contributed by atoms with E-state index in [4.69, 9.17) is 5.73 Å². The van der Waals surface area contributed by atoms with Crippen molar-refractivity contribution in [3.63, 3.8) is 0 Å². The maximum absolute atomic E-state index is 5.99. The monoisotopic (exact) mass is 247 g/mol. The molecule has 1 aromatic rings. The number of anilines is 1. The molecular formula is C15H21NS. The van der Waals surface area contributed by atoms with E-state index >= 15 is 0 Å². The maximum atomic E-state index is 5.99. The van der Waals surface area contributed by atoms with Crippen LogP contribution in [0.1, 0.15) is 48.5 Å². The lowest BCUT2D eigenvalue weighted by Crippen LogP contribution is -2.43. The Morgan fingerprint density at radius 2 is 1.65 bits per heavy atom. The molecule has 0 unspecified atom stereocenters. The van der Waals surface area contributed by atoms with Crippen LogP contribution < -0.4 is 5.73 Å². The first kappa shape index (κ1) is 10.4. The van der Waals surface area contributed by atoms with Gasteiger partial charge in [-0.3, -0.25) is 0 Å². The summed E-state index contributed by atoms with van der Waals surface area (Å²) < 4.78 is 0. The highest BCUT2D eigenvalue weighted by molar-refractivity contribution is 7.16. The second-order valence-corrected chi connectivity index (χ2v) is 7.90. The number of thiophene rings is 1. The van der Waals surface area contributed by atoms with E-state index < -0.39 is 0 Å². The Morgan fingerprint density at radius 3 is 2.12 bits per heavy atom. The quantitative estimate of drug-likeness (QED) is 0.791. The molecule has 2 heteroatoms. The van der Waals surface area contributed by atoms with E-state index in [1.165, 1.54) is 30.6 Å². The Labute approximate surface area is 107 Å². The van der Waals surface area contributed by atoms with Crippen molar-refractivity contribution in [2.75, 3.05) is 5.73 Å². The molecule has 0 spiro atoms. The van der Waals surface area contributed by atoms with Crippen molar-refractivity contribution in [2.24, 2.45) is 23.7 Å². The average Bonchev–Trinajstić information content (AvgIpc) is 2.56. The zero-order valence-electron chi connectivity index (χ0n) is 10.5. The lowest BCUT2D eigenvalue weighted by molar-refractivity contribution is -0.00281. The largest absolute Gasteiger partial charge is 0.391 e. The molecule has 4 aliphatic rings. The number of hydrogen-bond donors (Lipinski definition) is 1. The molecule has 4 bridgehead atoms. The predicted octanol–water partition coefficient (Wildman–Crippen LogP) is 4.18. The Kier molecular flexibility index (Phi) is 2.15. The minimum absolute atomic E-state index is 0.858. The summed E-state index contributed by atoms with van der Waals surface area (Å²) in [6.07, 6.45) is 7.57. The summed E-state index contributed by atoms with van der Waals surface area (Å²) in [6.45, 7) is 2.27. The van der Waals surface area contributed by atoms with E-state index in [9.17, 15) is 0 Å². The molecule has 0 saturated heterocycles. The summed E-state index contributed by atoms with van der Waals surface area (Å²) in [6, 6.07) is 2.28. The molecule has 2 N–H and O–H groups in total. The fourth-order valence-corrected chi connectivity index (χ4v) is 6.14. The van der Waals surface area contributed by atoms with Gasteiger partial charge in [0.1, 0.15) is 0 Å². The molecule has 4 aliphatic carbocycles. The van der Waals surface area contributed by atoms with E-state index in [2.05, 4.69) is 13.0 Å². The van der Waals surface area contributed by atoms with Gasteiger partial charge in [-0.1, -0.05) is 0 Å². The SMILES string of the molecule is Cc1sc(N)cc1C1C2CC3CC(C2)CC1C3. The van der Waals surface area contributed by atoms with Crippen molar-refractivity contribution in [3.8, 4) is 0 Å². The van der Waals surface area contributed by atoms with Gasteiger partial charge in [0.15, 0.2) is 0 Å². The van der Waals surface area contributed by atoms with Crippen LogP contribution in [0.15, 0.2) is 6.07 Å². The van der Waals surface area contributed by atoms with E-state index in [0.29, 0.717) is 0 Å². The smallest absolute Gasteiger partial charge is 0.0862 e. The van der Waals surface area contributed by atoms with Crippen molar-refractivity contribution < 1.29 is 0 Å². The van der Waals surface area contributed by atoms with Crippen LogP contribution in [0.4, 0.5) is 5.00 Å². The summed E-state index contributed by atoms with van der Waals surface area (Å²) in [5.41, 5.74) is 7.60. The van der Waals surface area contributed by atoms with Crippen LogP contribution in [0.5, 0.6) is 0 Å². The first-order chi connectivity index (χ1) is 8.20. The van der Waals surface area contributed by atoms with Crippen molar-refractivity contribution in [2.45, 2.75) is 44.9 Å². The maximum Gasteiger partial charge on any atom is 0.0862 e. The van der Waals surface area contributed by atoms with Crippen molar-refractivity contribution in [1.82, 2.24) is 0 Å². The van der Waals surface area contributed by atoms with E-state index in [1.54, 1.807) is 23.3 Å². The molecular weight excluding hydrogens is 226 g/mol. The van der Waals surface area contributed by atoms with Gasteiger partial charge in [-0.05, 0) is 80.2 Å². The third kappa shape index (κ3) is 1.49. The molecule has 1 aromatic heterocycles. The molecule has 0 aliphatic heterocycles. The third-order valence-corrected chi connectivity index (χ3v) is 6.46. The highest BCUT2D eigenvalue weighted by Gasteiger charge is 2.49. The minimum Gasteiger partial charge on any atom is -0.391 e. The van der Waals surface area contributed by atoms with E-state index in [1.807, 2.05) is 0 Å². The van der Waals surface area contributed by atoms with Crippen LogP contribution in [0.2, 0.25) is 0 Å². The van der Waals surface area contributed by atoms with Crippen LogP contribution in [0, 0.1) is 30.6 Å². The fourth-order valence-electron chi connectivity index (χ4n) is 5.28. The zero-order valence-corrected chi connectivity index (χ0v) is 11.3. The van der Waals surface area contributed by atoms with Gasteiger partial charge >= 0.3 is 0 Å². The first-order valence-corrected chi connectivity index (χ1v) is 7.88. The number of hydrogen-bond acceptors (Lipinski definition) is 2. The van der Waals surface area contributed by atoms with Gasteiger partial charge in [-0.2, -0.15) is 0 Å². The van der Waals surface area contributed by atoms with Crippen LogP contribution >= 0.6 is 11.3 Å². The van der Waals surface area contributed by atoms with Gasteiger partial charge in [0.25, 0.3) is 0 Å². The first-order valence-electron chi connectivity index (χ1n) is 7.06. The standard InChI is InChI=1S/C15H21NS/c1-8-13(7-14(16)17-8)15-11-3-9-2-10(5-11)6-12(15)4-9/h7,9-12,15H,2-6,16H2,1H3. The van der Waals surface area contributed by atoms with Crippen LogP contribution in [-0.2, 0) is 0 Å². The molecule has 92 valence electrons. The van der Waals surface area contributed by atoms with Crippen molar-refractivity contribution in [1.29, 1.82) is 0 Å². The Morgan fingerprint density at radius 1 is 1.06 bits per heavy atom. The highest BCUT2D eigenvalue weighted by Crippen LogP contribution is 2.60. The summed E-state index contributed by atoms with van der Waals surface area (Å²) in [7, 11) is 0. The van der Waals surface area contributed by atoms with Crippen molar-refractivity contribution >= 4 is 16.3 Å². The molecule has 1 heterocycles. The predicted molar refractivity (Wildman–Crippen MR) is 73.3 cm³/mol. The van der Waals surface area contributed by atoms with Crippen LogP contribution in [-0.4, -0.2) is 0 Å². The molecule has 17 heavy (non-hydrogen) atoms. The lowest BCUT2D eigenvalue weighted by atomic mass is 9.51. The van der Waals surface area contributed by atoms with E-state index in [0.717, 1.165) is 34.6 Å². The third-order valence-electron chi connectivity index (χ3n) is 5.56. The second-order valence-electron chi connectivity index (χ2n) is 6.62. The van der Waals surface area contributed by atoms with Crippen LogP contribution in [0.25, 0.3) is 0 Å². The molecule has 4 fully saturated rings. The molecule has 0 radical (unpaired) electrons. The summed E-state index contributed by atoms with van der Waals surface area (Å²) in [5.74, 6) is 4.98. The van der Waals surface area contributed by atoms with Gasteiger partial charge in [0, 0.05) is 4.88 Å². The van der Waals surface area contributed by atoms with Gasteiger partial charge in [0.2, 0.25) is 0 Å². The summed E-state index contributed by atoms with van der Waals surface area (Å²) in [5, 5.41) is 1.02. The molecule has 0 atom stereocenters. The van der Waals surface area contributed by atoms with Gasteiger partial charge in [0.05, 0.1) is 5.00 Å².